The van der Waals surface area contributed by atoms with Gasteiger partial charge in [-0.1, -0.05) is 11.6 Å². The Morgan fingerprint density at radius 3 is 2.52 bits per heavy atom. The molecule has 1 atom stereocenters. The number of halogens is 2. The van der Waals surface area contributed by atoms with Crippen LogP contribution in [-0.2, 0) is 4.74 Å². The van der Waals surface area contributed by atoms with Gasteiger partial charge in [0, 0.05) is 23.0 Å². The molecule has 0 saturated carbocycles. The fraction of sp³-hybridized carbons (Fsp3) is 0.500. The van der Waals surface area contributed by atoms with E-state index >= 15 is 0 Å². The Morgan fingerprint density at radius 1 is 1.33 bits per heavy atom. The summed E-state index contributed by atoms with van der Waals surface area (Å²) in [5, 5.41) is 1.23. The zero-order valence-electron chi connectivity index (χ0n) is 16.2. The van der Waals surface area contributed by atoms with Crippen LogP contribution in [0.15, 0.2) is 23.0 Å². The average molecular weight is 503 g/mol. The van der Waals surface area contributed by atoms with Crippen molar-refractivity contribution in [3.63, 3.8) is 0 Å². The standard InChI is InChI=1S/C20H24ClIN2O3/c1-11(2)24-15-10-12(21)6-7-13(15)18(25)16(22)17(24)14-8-9-23(14)19(26)27-20(3,4)5/h6-7,10-11,14H,8-9H2,1-5H3. The Labute approximate surface area is 177 Å². The fourth-order valence-corrected chi connectivity index (χ4v) is 4.52. The van der Waals surface area contributed by atoms with Crippen LogP contribution >= 0.6 is 34.2 Å². The first-order valence-corrected chi connectivity index (χ1v) is 10.5. The molecule has 1 amide bonds. The van der Waals surface area contributed by atoms with E-state index in [1.54, 1.807) is 17.0 Å². The largest absolute Gasteiger partial charge is 0.444 e. The number of aromatic nitrogens is 1. The maximum Gasteiger partial charge on any atom is 0.410 e. The van der Waals surface area contributed by atoms with E-state index in [1.807, 2.05) is 26.8 Å². The molecule has 0 aliphatic carbocycles. The number of amides is 1. The third kappa shape index (κ3) is 3.83. The third-order valence-corrected chi connectivity index (χ3v) is 5.91. The number of hydrogen-bond acceptors (Lipinski definition) is 3. The smallest absolute Gasteiger partial charge is 0.410 e. The van der Waals surface area contributed by atoms with Crippen LogP contribution in [0.3, 0.4) is 0 Å². The van der Waals surface area contributed by atoms with Crippen LogP contribution in [0.1, 0.15) is 58.8 Å². The van der Waals surface area contributed by atoms with Gasteiger partial charge in [-0.2, -0.15) is 0 Å². The molecule has 1 aromatic carbocycles. The van der Waals surface area contributed by atoms with Crippen LogP contribution in [0.5, 0.6) is 0 Å². The summed E-state index contributed by atoms with van der Waals surface area (Å²) in [6.07, 6.45) is 0.455. The summed E-state index contributed by atoms with van der Waals surface area (Å²) in [6, 6.07) is 5.27. The third-order valence-electron chi connectivity index (χ3n) is 4.63. The Hall–Kier alpha value is -1.28. The maximum absolute atomic E-state index is 13.0. The van der Waals surface area contributed by atoms with Gasteiger partial charge in [-0.05, 0) is 81.8 Å². The van der Waals surface area contributed by atoms with Crippen LogP contribution in [0.2, 0.25) is 5.02 Å². The van der Waals surface area contributed by atoms with E-state index in [0.29, 0.717) is 20.5 Å². The van der Waals surface area contributed by atoms with E-state index in [1.165, 1.54) is 0 Å². The number of hydrogen-bond donors (Lipinski definition) is 0. The van der Waals surface area contributed by atoms with Gasteiger partial charge in [-0.15, -0.1) is 0 Å². The predicted molar refractivity (Wildman–Crippen MR) is 117 cm³/mol. The minimum atomic E-state index is -0.557. The monoisotopic (exact) mass is 502 g/mol. The summed E-state index contributed by atoms with van der Waals surface area (Å²) in [4.78, 5) is 27.3. The lowest BCUT2D eigenvalue weighted by atomic mass is 9.97. The zero-order chi connectivity index (χ0) is 20.1. The number of ether oxygens (including phenoxy) is 1. The van der Waals surface area contributed by atoms with E-state index in [-0.39, 0.29) is 23.6 Å². The van der Waals surface area contributed by atoms with Crippen molar-refractivity contribution in [1.82, 2.24) is 9.47 Å². The number of carbonyl (C=O) groups is 1. The molecule has 2 aromatic rings. The second-order valence-corrected chi connectivity index (χ2v) is 9.65. The normalized spacial score (nSPS) is 17.3. The predicted octanol–water partition coefficient (Wildman–Crippen LogP) is 5.52. The minimum absolute atomic E-state index is 0.0230. The van der Waals surface area contributed by atoms with Gasteiger partial charge in [0.25, 0.3) is 0 Å². The topological polar surface area (TPSA) is 51.5 Å². The molecule has 0 N–H and O–H groups in total. The molecule has 0 spiro atoms. The van der Waals surface area contributed by atoms with Crippen molar-refractivity contribution >= 4 is 51.2 Å². The Bertz CT molecular complexity index is 962. The first-order chi connectivity index (χ1) is 12.5. The van der Waals surface area contributed by atoms with Crippen LogP contribution < -0.4 is 5.43 Å². The highest BCUT2D eigenvalue weighted by Crippen LogP contribution is 2.39. The summed E-state index contributed by atoms with van der Waals surface area (Å²) in [5.41, 5.74) is 1.08. The number of benzene rings is 1. The molecule has 2 heterocycles. The van der Waals surface area contributed by atoms with E-state index in [4.69, 9.17) is 16.3 Å². The van der Waals surface area contributed by atoms with Gasteiger partial charge >= 0.3 is 6.09 Å². The van der Waals surface area contributed by atoms with Crippen molar-refractivity contribution in [3.05, 3.63) is 42.7 Å². The number of nitrogens with zero attached hydrogens (tertiary/aromatic N) is 2. The lowest BCUT2D eigenvalue weighted by Crippen LogP contribution is -2.49. The van der Waals surface area contributed by atoms with Crippen molar-refractivity contribution in [2.45, 2.75) is 58.7 Å². The van der Waals surface area contributed by atoms with Gasteiger partial charge in [0.1, 0.15) is 5.60 Å². The summed E-state index contributed by atoms with van der Waals surface area (Å²) in [5.74, 6) is 0. The van der Waals surface area contributed by atoms with E-state index in [2.05, 4.69) is 41.0 Å². The molecule has 1 saturated heterocycles. The van der Waals surface area contributed by atoms with Crippen LogP contribution in [0.4, 0.5) is 4.79 Å². The molecule has 27 heavy (non-hydrogen) atoms. The molecular formula is C20H24ClIN2O3. The molecule has 1 fully saturated rings. The van der Waals surface area contributed by atoms with Crippen molar-refractivity contribution in [1.29, 1.82) is 0 Å². The highest BCUT2D eigenvalue weighted by Gasteiger charge is 2.39. The lowest BCUT2D eigenvalue weighted by molar-refractivity contribution is -0.00752. The van der Waals surface area contributed by atoms with Gasteiger partial charge in [0.2, 0.25) is 5.43 Å². The molecule has 1 unspecified atom stereocenters. The highest BCUT2D eigenvalue weighted by molar-refractivity contribution is 14.1. The summed E-state index contributed by atoms with van der Waals surface area (Å²) in [7, 11) is 0. The van der Waals surface area contributed by atoms with Gasteiger partial charge in [0.15, 0.2) is 0 Å². The number of likely N-dealkylation sites (tertiary alicyclic amines) is 1. The van der Waals surface area contributed by atoms with Gasteiger partial charge in [0.05, 0.1) is 20.8 Å². The first-order valence-electron chi connectivity index (χ1n) is 9.04. The number of fused-ring (bicyclic) bond motifs is 1. The highest BCUT2D eigenvalue weighted by atomic mass is 127. The molecule has 1 aliphatic rings. The van der Waals surface area contributed by atoms with Gasteiger partial charge in [-0.3, -0.25) is 9.69 Å². The molecule has 3 rings (SSSR count). The molecule has 146 valence electrons. The molecular weight excluding hydrogens is 479 g/mol. The van der Waals surface area contributed by atoms with Gasteiger partial charge < -0.3 is 9.30 Å². The molecule has 1 aromatic heterocycles. The van der Waals surface area contributed by atoms with Crippen molar-refractivity contribution in [2.24, 2.45) is 0 Å². The number of rotatable bonds is 2. The zero-order valence-corrected chi connectivity index (χ0v) is 19.1. The Morgan fingerprint density at radius 2 is 2.00 bits per heavy atom. The first kappa shape index (κ1) is 20.5. The number of carbonyl (C=O) groups excluding carboxylic acids is 1. The average Bonchev–Trinajstić information content (AvgIpc) is 2.48. The molecule has 0 bridgehead atoms. The fourth-order valence-electron chi connectivity index (χ4n) is 3.44. The lowest BCUT2D eigenvalue weighted by Gasteiger charge is -2.43. The second kappa shape index (κ2) is 7.28. The van der Waals surface area contributed by atoms with Crippen LogP contribution in [0.25, 0.3) is 10.9 Å². The molecule has 7 heteroatoms. The van der Waals surface area contributed by atoms with Crippen LogP contribution in [-0.4, -0.2) is 27.7 Å². The second-order valence-electron chi connectivity index (χ2n) is 8.13. The van der Waals surface area contributed by atoms with Gasteiger partial charge in [-0.25, -0.2) is 4.79 Å². The van der Waals surface area contributed by atoms with E-state index in [0.717, 1.165) is 17.6 Å². The Kier molecular flexibility index (Phi) is 5.51. The van der Waals surface area contributed by atoms with Crippen molar-refractivity contribution in [3.8, 4) is 0 Å². The minimum Gasteiger partial charge on any atom is -0.444 e. The van der Waals surface area contributed by atoms with Crippen molar-refractivity contribution < 1.29 is 9.53 Å². The summed E-state index contributed by atoms with van der Waals surface area (Å²) in [6.45, 7) is 10.3. The SMILES string of the molecule is CC(C)n1c(C2CCN2C(=O)OC(C)(C)C)c(I)c(=O)c2ccc(Cl)cc21. The van der Waals surface area contributed by atoms with E-state index < -0.39 is 5.60 Å². The van der Waals surface area contributed by atoms with Crippen LogP contribution in [0, 0.1) is 3.57 Å². The molecule has 1 aliphatic heterocycles. The Balaban J connectivity index is 2.17. The number of pyridine rings is 1. The van der Waals surface area contributed by atoms with Crippen molar-refractivity contribution in [2.75, 3.05) is 6.54 Å². The van der Waals surface area contributed by atoms with E-state index in [9.17, 15) is 9.59 Å². The molecule has 0 radical (unpaired) electrons. The molecule has 5 nitrogen and oxygen atoms in total. The maximum atomic E-state index is 13.0. The summed E-state index contributed by atoms with van der Waals surface area (Å²) < 4.78 is 8.32. The quantitative estimate of drug-likeness (QED) is 0.508. The summed E-state index contributed by atoms with van der Waals surface area (Å²) >= 11 is 8.33.